The second-order valence-electron chi connectivity index (χ2n) is 8.47. The Bertz CT molecular complexity index is 1060. The van der Waals surface area contributed by atoms with Gasteiger partial charge in [-0.25, -0.2) is 4.79 Å². The Kier molecular flexibility index (Phi) is 3.14. The normalized spacial score (nSPS) is 31.3. The molecule has 0 aromatic heterocycles. The Morgan fingerprint density at radius 2 is 2.14 bits per heavy atom. The number of nitrogens with zero attached hydrogens (tertiary/aromatic N) is 1. The number of rotatable bonds is 2. The fourth-order valence-corrected chi connectivity index (χ4v) is 6.04. The molecule has 0 saturated carbocycles. The van der Waals surface area contributed by atoms with E-state index in [1.807, 2.05) is 24.3 Å². The molecule has 2 aromatic rings. The first kappa shape index (κ1) is 16.5. The van der Waals surface area contributed by atoms with Gasteiger partial charge in [0.2, 0.25) is 0 Å². The van der Waals surface area contributed by atoms with Crippen molar-refractivity contribution in [3.05, 3.63) is 76.0 Å². The number of hydrogen-bond donors (Lipinski definition) is 1. The predicted molar refractivity (Wildman–Crippen MR) is 109 cm³/mol. The molecular weight excluding hydrogens is 372 g/mol. The first-order valence-corrected chi connectivity index (χ1v) is 10.2. The third-order valence-electron chi connectivity index (χ3n) is 7.19. The van der Waals surface area contributed by atoms with Crippen LogP contribution in [0.2, 0.25) is 5.02 Å². The molecule has 1 N–H and O–H groups in total. The number of halogens is 1. The van der Waals surface area contributed by atoms with Gasteiger partial charge in [0, 0.05) is 59.4 Å². The van der Waals surface area contributed by atoms with Crippen LogP contribution in [0.3, 0.4) is 0 Å². The second kappa shape index (κ2) is 5.32. The first-order valence-electron chi connectivity index (χ1n) is 9.84. The van der Waals surface area contributed by atoms with Crippen molar-refractivity contribution in [2.45, 2.75) is 24.4 Å². The largest absolute Gasteiger partial charge is 0.449 e. The smallest absolute Gasteiger partial charge is 0.339 e. The van der Waals surface area contributed by atoms with Crippen LogP contribution in [0.4, 0.5) is 5.69 Å². The van der Waals surface area contributed by atoms with Crippen LogP contribution in [0.5, 0.6) is 0 Å². The molecule has 0 amide bonds. The summed E-state index contributed by atoms with van der Waals surface area (Å²) in [5.74, 6) is 0.519. The Labute approximate surface area is 169 Å². The minimum atomic E-state index is -0.431. The van der Waals surface area contributed by atoms with Gasteiger partial charge >= 0.3 is 5.97 Å². The summed E-state index contributed by atoms with van der Waals surface area (Å²) in [6.07, 6.45) is 0. The van der Waals surface area contributed by atoms with Crippen LogP contribution in [0.1, 0.15) is 45.8 Å². The lowest BCUT2D eigenvalue weighted by molar-refractivity contribution is -0.106. The molecule has 142 valence electrons. The number of nitrogens with one attached hydrogen (secondary N) is 1. The minimum Gasteiger partial charge on any atom is -0.449 e. The van der Waals surface area contributed by atoms with E-state index in [1.165, 1.54) is 11.1 Å². The van der Waals surface area contributed by atoms with Crippen LogP contribution in [0, 0.1) is 5.92 Å². The lowest BCUT2D eigenvalue weighted by Crippen LogP contribution is -2.59. The topological polar surface area (TPSA) is 41.6 Å². The summed E-state index contributed by atoms with van der Waals surface area (Å²) in [5.41, 5.74) is 6.23. The van der Waals surface area contributed by atoms with Crippen molar-refractivity contribution in [1.29, 1.82) is 0 Å². The second-order valence-corrected chi connectivity index (χ2v) is 8.90. The molecular formula is C23H21ClN2O2. The van der Waals surface area contributed by atoms with Crippen molar-refractivity contribution in [3.8, 4) is 0 Å². The van der Waals surface area contributed by atoms with E-state index >= 15 is 0 Å². The van der Waals surface area contributed by atoms with Gasteiger partial charge in [-0.3, -0.25) is 0 Å². The van der Waals surface area contributed by atoms with Crippen LogP contribution in [0.25, 0.3) is 0 Å². The van der Waals surface area contributed by atoms with Crippen molar-refractivity contribution in [1.82, 2.24) is 4.90 Å². The molecule has 4 aliphatic rings. The summed E-state index contributed by atoms with van der Waals surface area (Å²) in [6.45, 7) is 9.20. The Morgan fingerprint density at radius 3 is 3.00 bits per heavy atom. The third kappa shape index (κ3) is 1.84. The van der Waals surface area contributed by atoms with Gasteiger partial charge in [0.1, 0.15) is 0 Å². The summed E-state index contributed by atoms with van der Waals surface area (Å²) in [7, 11) is 0. The molecule has 0 radical (unpaired) electrons. The van der Waals surface area contributed by atoms with Crippen molar-refractivity contribution in [3.63, 3.8) is 0 Å². The van der Waals surface area contributed by atoms with E-state index in [9.17, 15) is 4.79 Å². The zero-order valence-electron chi connectivity index (χ0n) is 15.7. The number of carbonyl (C=O) groups excluding carboxylic acids is 1. The van der Waals surface area contributed by atoms with E-state index in [0.29, 0.717) is 0 Å². The molecule has 4 atom stereocenters. The quantitative estimate of drug-likeness (QED) is 0.765. The van der Waals surface area contributed by atoms with E-state index in [0.717, 1.165) is 47.2 Å². The van der Waals surface area contributed by atoms with E-state index in [2.05, 4.69) is 35.9 Å². The van der Waals surface area contributed by atoms with E-state index in [1.54, 1.807) is 0 Å². The van der Waals surface area contributed by atoms with Crippen LogP contribution in [-0.2, 0) is 10.3 Å². The molecule has 5 heteroatoms. The predicted octanol–water partition coefficient (Wildman–Crippen LogP) is 4.48. The van der Waals surface area contributed by atoms with Crippen molar-refractivity contribution >= 4 is 23.3 Å². The molecule has 1 aliphatic carbocycles. The lowest BCUT2D eigenvalue weighted by atomic mass is 9.56. The maximum Gasteiger partial charge on any atom is 0.339 e. The summed E-state index contributed by atoms with van der Waals surface area (Å²) in [6, 6.07) is 12.1. The number of carbonyl (C=O) groups is 1. The number of fused-ring (bicyclic) bond motifs is 2. The van der Waals surface area contributed by atoms with E-state index < -0.39 is 5.60 Å². The van der Waals surface area contributed by atoms with Gasteiger partial charge in [-0.15, -0.1) is 0 Å². The number of benzene rings is 2. The van der Waals surface area contributed by atoms with E-state index in [-0.39, 0.29) is 23.7 Å². The van der Waals surface area contributed by atoms with Gasteiger partial charge in [0.05, 0.1) is 5.56 Å². The van der Waals surface area contributed by atoms with Crippen LogP contribution in [0.15, 0.2) is 48.7 Å². The summed E-state index contributed by atoms with van der Waals surface area (Å²) >= 11 is 6.14. The Hall–Kier alpha value is -2.46. The van der Waals surface area contributed by atoms with E-state index in [4.69, 9.17) is 16.3 Å². The molecule has 0 bridgehead atoms. The van der Waals surface area contributed by atoms with Gasteiger partial charge in [0.15, 0.2) is 5.60 Å². The minimum absolute atomic E-state index is 0.163. The van der Waals surface area contributed by atoms with Gasteiger partial charge < -0.3 is 15.0 Å². The highest BCUT2D eigenvalue weighted by atomic mass is 35.5. The van der Waals surface area contributed by atoms with Crippen molar-refractivity contribution in [2.24, 2.45) is 5.92 Å². The third-order valence-corrected chi connectivity index (χ3v) is 7.42. The average Bonchev–Trinajstić information content (AvgIpc) is 3.21. The van der Waals surface area contributed by atoms with Crippen LogP contribution in [-0.4, -0.2) is 30.5 Å². The molecule has 3 heterocycles. The summed E-state index contributed by atoms with van der Waals surface area (Å²) in [5, 5.41) is 4.21. The fraction of sp³-hybridized carbons (Fsp3) is 0.348. The number of piperidine rings is 1. The molecule has 3 aliphatic heterocycles. The molecule has 6 rings (SSSR count). The number of likely N-dealkylation sites (tertiary alicyclic amines) is 1. The standard InChI is InChI=1S/C23H21ClN2O2/c1-12-10-26(13(2)18-9-25-20-8-14(24)6-7-15(18)20)11-19-16-4-3-5-17-21(16)23(12,19)28-22(17)27/h3-8,12,18-19,25H,2,9-11H2,1H3/t12-,18?,19-,23+/m1/s1. The zero-order chi connectivity index (χ0) is 19.2. The van der Waals surface area contributed by atoms with Crippen LogP contribution < -0.4 is 5.32 Å². The highest BCUT2D eigenvalue weighted by Gasteiger charge is 2.65. The number of hydrogen-bond acceptors (Lipinski definition) is 4. The number of ether oxygens (including phenoxy) is 1. The molecule has 1 fully saturated rings. The maximum atomic E-state index is 12.4. The number of esters is 1. The molecule has 1 unspecified atom stereocenters. The van der Waals surface area contributed by atoms with Crippen molar-refractivity contribution < 1.29 is 9.53 Å². The molecule has 28 heavy (non-hydrogen) atoms. The first-order chi connectivity index (χ1) is 13.5. The molecule has 2 aromatic carbocycles. The van der Waals surface area contributed by atoms with Crippen molar-refractivity contribution in [2.75, 3.05) is 25.0 Å². The van der Waals surface area contributed by atoms with Gasteiger partial charge in [-0.05, 0) is 29.3 Å². The lowest BCUT2D eigenvalue weighted by Gasteiger charge is -2.57. The monoisotopic (exact) mass is 392 g/mol. The molecule has 1 saturated heterocycles. The molecule has 4 nitrogen and oxygen atoms in total. The van der Waals surface area contributed by atoms with Gasteiger partial charge in [0.25, 0.3) is 0 Å². The highest BCUT2D eigenvalue weighted by molar-refractivity contribution is 6.30. The average molecular weight is 393 g/mol. The number of anilines is 1. The highest BCUT2D eigenvalue weighted by Crippen LogP contribution is 2.63. The zero-order valence-corrected chi connectivity index (χ0v) is 16.4. The Morgan fingerprint density at radius 1 is 1.29 bits per heavy atom. The maximum absolute atomic E-state index is 12.4. The van der Waals surface area contributed by atoms with Gasteiger partial charge in [-0.1, -0.05) is 43.3 Å². The fourth-order valence-electron chi connectivity index (χ4n) is 5.87. The molecule has 1 spiro atoms. The van der Waals surface area contributed by atoms with Crippen LogP contribution >= 0.6 is 11.6 Å². The summed E-state index contributed by atoms with van der Waals surface area (Å²) in [4.78, 5) is 14.8. The summed E-state index contributed by atoms with van der Waals surface area (Å²) < 4.78 is 6.01. The van der Waals surface area contributed by atoms with Gasteiger partial charge in [-0.2, -0.15) is 0 Å². The SMILES string of the molecule is C=C(C1CNc2cc(Cl)ccc21)N1C[C@@H](C)[C@@]23OC(=O)c4cccc(c42)[C@H]3C1. The Balaban J connectivity index is 1.33.